The molecule has 27 heavy (non-hydrogen) atoms. The molecule has 1 aromatic heterocycles. The summed E-state index contributed by atoms with van der Waals surface area (Å²) in [5.74, 6) is 0.127. The molecule has 0 bridgehead atoms. The van der Waals surface area contributed by atoms with Crippen molar-refractivity contribution in [3.8, 4) is 0 Å². The summed E-state index contributed by atoms with van der Waals surface area (Å²) in [6, 6.07) is 20.8. The van der Waals surface area contributed by atoms with Gasteiger partial charge in [-0.3, -0.25) is 4.79 Å². The van der Waals surface area contributed by atoms with Crippen LogP contribution in [0.4, 0.5) is 16.0 Å². The molecule has 0 atom stereocenters. The molecule has 3 N–H and O–H groups in total. The Balaban J connectivity index is 1.38. The van der Waals surface area contributed by atoms with Crippen molar-refractivity contribution in [2.75, 3.05) is 10.6 Å². The molecule has 0 saturated heterocycles. The van der Waals surface area contributed by atoms with E-state index in [2.05, 4.69) is 20.6 Å². The number of anilines is 2. The number of hydrogen-bond donors (Lipinski definition) is 3. The fraction of sp³-hybridized carbons (Fsp3) is 0.0476. The molecule has 5 nitrogen and oxygen atoms in total. The van der Waals surface area contributed by atoms with Crippen molar-refractivity contribution in [2.45, 2.75) is 6.54 Å². The Bertz CT molecular complexity index is 1040. The minimum atomic E-state index is -0.339. The number of aromatic amines is 1. The summed E-state index contributed by atoms with van der Waals surface area (Å²) in [5.41, 5.74) is 4.00. The summed E-state index contributed by atoms with van der Waals surface area (Å²) in [6.45, 7) is 0.583. The van der Waals surface area contributed by atoms with E-state index in [1.165, 1.54) is 24.3 Å². The highest BCUT2D eigenvalue weighted by Crippen LogP contribution is 2.15. The Morgan fingerprint density at radius 2 is 1.70 bits per heavy atom. The van der Waals surface area contributed by atoms with E-state index in [0.717, 1.165) is 16.6 Å². The van der Waals surface area contributed by atoms with Crippen molar-refractivity contribution in [3.05, 3.63) is 89.7 Å². The van der Waals surface area contributed by atoms with E-state index < -0.39 is 0 Å². The van der Waals surface area contributed by atoms with E-state index in [1.807, 2.05) is 36.4 Å². The molecule has 4 aromatic rings. The number of para-hydroxylation sites is 2. The summed E-state index contributed by atoms with van der Waals surface area (Å²) in [5, 5.41) is 5.98. The van der Waals surface area contributed by atoms with E-state index in [1.54, 1.807) is 12.1 Å². The van der Waals surface area contributed by atoms with Gasteiger partial charge in [-0.2, -0.15) is 0 Å². The Kier molecular flexibility index (Phi) is 4.53. The molecule has 0 aliphatic heterocycles. The number of nitrogens with zero attached hydrogens (tertiary/aromatic N) is 1. The molecule has 134 valence electrons. The molecule has 1 heterocycles. The SMILES string of the molecule is O=C(Nc1ccc(F)cc1)c1ccc(CNc2nc3ccccc3[nH]2)cc1. The van der Waals surface area contributed by atoms with Crippen LogP contribution in [-0.2, 0) is 6.54 Å². The molecule has 4 rings (SSSR count). The minimum Gasteiger partial charge on any atom is -0.352 e. The van der Waals surface area contributed by atoms with Crippen LogP contribution in [0.2, 0.25) is 0 Å². The van der Waals surface area contributed by atoms with Crippen molar-refractivity contribution in [3.63, 3.8) is 0 Å². The molecule has 1 amide bonds. The number of halogens is 1. The van der Waals surface area contributed by atoms with E-state index in [0.29, 0.717) is 23.7 Å². The lowest BCUT2D eigenvalue weighted by Crippen LogP contribution is -2.12. The highest BCUT2D eigenvalue weighted by Gasteiger charge is 2.07. The number of carbonyl (C=O) groups is 1. The molecule has 0 radical (unpaired) electrons. The zero-order chi connectivity index (χ0) is 18.6. The van der Waals surface area contributed by atoms with Gasteiger partial charge in [0.1, 0.15) is 5.82 Å². The standard InChI is InChI=1S/C21H17FN4O/c22-16-9-11-17(12-10-16)24-20(27)15-7-5-14(6-8-15)13-23-21-25-18-3-1-2-4-19(18)26-21/h1-12H,13H2,(H,24,27)(H2,23,25,26). The zero-order valence-corrected chi connectivity index (χ0v) is 14.4. The molecular weight excluding hydrogens is 343 g/mol. The van der Waals surface area contributed by atoms with Crippen LogP contribution in [0, 0.1) is 5.82 Å². The predicted molar refractivity (Wildman–Crippen MR) is 104 cm³/mol. The fourth-order valence-corrected chi connectivity index (χ4v) is 2.73. The van der Waals surface area contributed by atoms with Crippen LogP contribution in [0.3, 0.4) is 0 Å². The first-order chi connectivity index (χ1) is 13.2. The number of fused-ring (bicyclic) bond motifs is 1. The third kappa shape index (κ3) is 3.95. The van der Waals surface area contributed by atoms with Gasteiger partial charge < -0.3 is 15.6 Å². The second-order valence-corrected chi connectivity index (χ2v) is 6.11. The predicted octanol–water partition coefficient (Wildman–Crippen LogP) is 4.57. The van der Waals surface area contributed by atoms with Crippen molar-refractivity contribution >= 4 is 28.6 Å². The first kappa shape index (κ1) is 16.8. The highest BCUT2D eigenvalue weighted by molar-refractivity contribution is 6.04. The van der Waals surface area contributed by atoms with E-state index >= 15 is 0 Å². The van der Waals surface area contributed by atoms with Gasteiger partial charge in [-0.15, -0.1) is 0 Å². The fourth-order valence-electron chi connectivity index (χ4n) is 2.73. The van der Waals surface area contributed by atoms with Crippen LogP contribution in [-0.4, -0.2) is 15.9 Å². The molecular formula is C21H17FN4O. The maximum Gasteiger partial charge on any atom is 0.255 e. The van der Waals surface area contributed by atoms with Gasteiger partial charge in [-0.05, 0) is 54.1 Å². The lowest BCUT2D eigenvalue weighted by molar-refractivity contribution is 0.102. The number of imidazole rings is 1. The molecule has 0 spiro atoms. The van der Waals surface area contributed by atoms with Crippen molar-refractivity contribution < 1.29 is 9.18 Å². The quantitative estimate of drug-likeness (QED) is 0.488. The maximum absolute atomic E-state index is 12.9. The van der Waals surface area contributed by atoms with Gasteiger partial charge in [-0.25, -0.2) is 9.37 Å². The number of carbonyl (C=O) groups excluding carboxylic acids is 1. The monoisotopic (exact) mass is 360 g/mol. The number of nitrogens with one attached hydrogen (secondary N) is 3. The second-order valence-electron chi connectivity index (χ2n) is 6.11. The van der Waals surface area contributed by atoms with Crippen LogP contribution in [0.25, 0.3) is 11.0 Å². The normalized spacial score (nSPS) is 10.7. The van der Waals surface area contributed by atoms with Gasteiger partial charge in [0.15, 0.2) is 0 Å². The first-order valence-corrected chi connectivity index (χ1v) is 8.52. The van der Waals surface area contributed by atoms with Crippen LogP contribution in [0.5, 0.6) is 0 Å². The van der Waals surface area contributed by atoms with Crippen molar-refractivity contribution in [1.29, 1.82) is 0 Å². The zero-order valence-electron chi connectivity index (χ0n) is 14.4. The number of H-pyrrole nitrogens is 1. The number of hydrogen-bond acceptors (Lipinski definition) is 3. The smallest absolute Gasteiger partial charge is 0.255 e. The van der Waals surface area contributed by atoms with Crippen LogP contribution >= 0.6 is 0 Å². The summed E-state index contributed by atoms with van der Waals surface area (Å²) in [6.07, 6.45) is 0. The molecule has 0 saturated carbocycles. The van der Waals surface area contributed by atoms with E-state index in [9.17, 15) is 9.18 Å². The number of aromatic nitrogens is 2. The van der Waals surface area contributed by atoms with Gasteiger partial charge in [0.05, 0.1) is 11.0 Å². The van der Waals surface area contributed by atoms with Gasteiger partial charge in [0.2, 0.25) is 5.95 Å². The van der Waals surface area contributed by atoms with Gasteiger partial charge in [0, 0.05) is 17.8 Å². The third-order valence-corrected chi connectivity index (χ3v) is 4.17. The average molecular weight is 360 g/mol. The average Bonchev–Trinajstić information content (AvgIpc) is 3.11. The van der Waals surface area contributed by atoms with E-state index in [4.69, 9.17) is 0 Å². The number of benzene rings is 3. The molecule has 0 unspecified atom stereocenters. The Labute approximate surface area is 155 Å². The summed E-state index contributed by atoms with van der Waals surface area (Å²) in [7, 11) is 0. The highest BCUT2D eigenvalue weighted by atomic mass is 19.1. The molecule has 0 aliphatic carbocycles. The van der Waals surface area contributed by atoms with Crippen molar-refractivity contribution in [1.82, 2.24) is 9.97 Å². The Morgan fingerprint density at radius 1 is 0.963 bits per heavy atom. The largest absolute Gasteiger partial charge is 0.352 e. The van der Waals surface area contributed by atoms with Crippen LogP contribution < -0.4 is 10.6 Å². The topological polar surface area (TPSA) is 69.8 Å². The molecule has 0 fully saturated rings. The number of rotatable bonds is 5. The van der Waals surface area contributed by atoms with Gasteiger partial charge in [-0.1, -0.05) is 24.3 Å². The van der Waals surface area contributed by atoms with Crippen molar-refractivity contribution in [2.24, 2.45) is 0 Å². The van der Waals surface area contributed by atoms with Gasteiger partial charge in [0.25, 0.3) is 5.91 Å². The van der Waals surface area contributed by atoms with Crippen LogP contribution in [0.15, 0.2) is 72.8 Å². The molecule has 0 aliphatic rings. The van der Waals surface area contributed by atoms with Gasteiger partial charge >= 0.3 is 0 Å². The summed E-state index contributed by atoms with van der Waals surface area (Å²) < 4.78 is 12.9. The minimum absolute atomic E-state index is 0.238. The Morgan fingerprint density at radius 3 is 2.44 bits per heavy atom. The van der Waals surface area contributed by atoms with Crippen LogP contribution in [0.1, 0.15) is 15.9 Å². The second kappa shape index (κ2) is 7.29. The van der Waals surface area contributed by atoms with E-state index in [-0.39, 0.29) is 11.7 Å². The number of amides is 1. The summed E-state index contributed by atoms with van der Waals surface area (Å²) in [4.78, 5) is 19.9. The lowest BCUT2D eigenvalue weighted by atomic mass is 10.1. The lowest BCUT2D eigenvalue weighted by Gasteiger charge is -2.07. The third-order valence-electron chi connectivity index (χ3n) is 4.17. The maximum atomic E-state index is 12.9. The summed E-state index contributed by atoms with van der Waals surface area (Å²) >= 11 is 0. The first-order valence-electron chi connectivity index (χ1n) is 8.52. The molecule has 3 aromatic carbocycles. The molecule has 6 heteroatoms. The Hall–Kier alpha value is -3.67.